The Morgan fingerprint density at radius 3 is 2.43 bits per heavy atom. The first-order valence-electron chi connectivity index (χ1n) is 15.6. The Hall–Kier alpha value is -2.26. The van der Waals surface area contributed by atoms with Gasteiger partial charge in [-0.05, 0) is 65.4 Å². The molecular formula is C31H45ClN3O10PS. The van der Waals surface area contributed by atoms with E-state index < -0.39 is 47.4 Å². The van der Waals surface area contributed by atoms with E-state index in [1.54, 1.807) is 12.1 Å². The minimum Gasteiger partial charge on any atom is -0.497 e. The van der Waals surface area contributed by atoms with Gasteiger partial charge in [-0.25, -0.2) is 13.2 Å². The number of amides is 1. The summed E-state index contributed by atoms with van der Waals surface area (Å²) in [5, 5.41) is 17.4. The summed E-state index contributed by atoms with van der Waals surface area (Å²) >= 11 is 5.40. The first-order chi connectivity index (χ1) is 22.2. The van der Waals surface area contributed by atoms with Gasteiger partial charge in [-0.2, -0.15) is 4.31 Å². The number of carbonyl (C=O) groups excluding carboxylic acids is 1. The van der Waals surface area contributed by atoms with E-state index in [4.69, 9.17) is 30.2 Å². The monoisotopic (exact) mass is 717 g/mol. The van der Waals surface area contributed by atoms with E-state index in [2.05, 4.69) is 10.6 Å². The summed E-state index contributed by atoms with van der Waals surface area (Å²) in [6.07, 6.45) is -2.13. The van der Waals surface area contributed by atoms with Crippen LogP contribution in [0.1, 0.15) is 31.4 Å². The number of sulfonamides is 1. The zero-order valence-corrected chi connectivity index (χ0v) is 29.3. The normalized spacial score (nSPS) is 22.1. The van der Waals surface area contributed by atoms with Crippen molar-refractivity contribution in [1.29, 1.82) is 0 Å². The van der Waals surface area contributed by atoms with Crippen molar-refractivity contribution in [3.8, 4) is 5.75 Å². The molecular weight excluding hydrogens is 673 g/mol. The van der Waals surface area contributed by atoms with Gasteiger partial charge in [-0.1, -0.05) is 38.1 Å². The number of nitrogens with one attached hydrogen (secondary N) is 2. The lowest BCUT2D eigenvalue weighted by atomic mass is 10.00. The van der Waals surface area contributed by atoms with E-state index in [0.717, 1.165) is 11.1 Å². The molecule has 0 saturated carbocycles. The van der Waals surface area contributed by atoms with Crippen LogP contribution in [0, 0.1) is 11.8 Å². The maximum atomic E-state index is 13.7. The van der Waals surface area contributed by atoms with Gasteiger partial charge >= 0.3 is 6.09 Å². The molecule has 47 heavy (non-hydrogen) atoms. The van der Waals surface area contributed by atoms with Gasteiger partial charge in [0, 0.05) is 26.2 Å². The van der Waals surface area contributed by atoms with Gasteiger partial charge in [0.15, 0.2) is 6.29 Å². The van der Waals surface area contributed by atoms with Crippen LogP contribution in [0.3, 0.4) is 0 Å². The molecule has 2 aromatic carbocycles. The van der Waals surface area contributed by atoms with Crippen molar-refractivity contribution in [2.45, 2.75) is 62.7 Å². The molecule has 1 unspecified atom stereocenters. The highest BCUT2D eigenvalue weighted by atomic mass is 35.7. The zero-order valence-electron chi connectivity index (χ0n) is 26.8. The third kappa shape index (κ3) is 11.1. The number of nitrogens with zero attached hydrogens (tertiary/aromatic N) is 1. The highest BCUT2D eigenvalue weighted by Gasteiger charge is 2.44. The molecule has 13 nitrogen and oxygen atoms in total. The van der Waals surface area contributed by atoms with Gasteiger partial charge in [0.25, 0.3) is 6.72 Å². The van der Waals surface area contributed by atoms with Crippen molar-refractivity contribution in [2.24, 2.45) is 11.8 Å². The van der Waals surface area contributed by atoms with E-state index in [1.807, 2.05) is 38.1 Å². The molecule has 6 atom stereocenters. The van der Waals surface area contributed by atoms with E-state index in [9.17, 15) is 27.8 Å². The molecule has 262 valence electrons. The number of hydrogen-bond donors (Lipinski definition) is 4. The maximum absolute atomic E-state index is 13.7. The van der Waals surface area contributed by atoms with Crippen LogP contribution < -0.4 is 15.4 Å². The lowest BCUT2D eigenvalue weighted by molar-refractivity contribution is -0.0907. The standard InChI is InChI=1S/C31H45ClN3O10PS/c1-21(2)18-35(47(40,41)25-10-8-24(42-3)9-11-25)19-28(36)27(34-31(37)45-29-20-44-30-26(29)12-14-43-30)16-22-4-6-23(7-5-22)17-33-13-15-46(32,38)39/h4-11,21,26-30,33,36H,12-20H2,1-3H3,(H,34,37)(H,38,39)/t26-,27-,28+,29-,30+/m0/s1. The van der Waals surface area contributed by atoms with Crippen LogP contribution in [-0.4, -0.2) is 99.5 Å². The number of hydrogen-bond acceptors (Lipinski definition) is 10. The minimum absolute atomic E-state index is 0.0505. The predicted molar refractivity (Wildman–Crippen MR) is 176 cm³/mol. The fourth-order valence-corrected chi connectivity index (χ4v) is 7.87. The fourth-order valence-electron chi connectivity index (χ4n) is 5.56. The van der Waals surface area contributed by atoms with Crippen LogP contribution in [0.15, 0.2) is 53.4 Å². The number of ether oxygens (including phenoxy) is 4. The summed E-state index contributed by atoms with van der Waals surface area (Å²) in [6, 6.07) is 12.5. The lowest BCUT2D eigenvalue weighted by Gasteiger charge is -2.31. The first-order valence-corrected chi connectivity index (χ1v) is 19.8. The summed E-state index contributed by atoms with van der Waals surface area (Å²) in [4.78, 5) is 22.5. The van der Waals surface area contributed by atoms with Crippen LogP contribution in [0.25, 0.3) is 0 Å². The van der Waals surface area contributed by atoms with Crippen molar-refractivity contribution in [1.82, 2.24) is 14.9 Å². The Kier molecular flexibility index (Phi) is 13.5. The molecule has 4 rings (SSSR count). The Morgan fingerprint density at radius 2 is 1.79 bits per heavy atom. The van der Waals surface area contributed by atoms with Gasteiger partial charge in [0.2, 0.25) is 10.0 Å². The van der Waals surface area contributed by atoms with E-state index >= 15 is 0 Å². The van der Waals surface area contributed by atoms with Crippen molar-refractivity contribution in [2.75, 3.05) is 46.1 Å². The molecule has 2 aromatic rings. The summed E-state index contributed by atoms with van der Waals surface area (Å²) in [7, 11) is -2.52. The maximum Gasteiger partial charge on any atom is 0.407 e. The number of aliphatic hydroxyl groups is 1. The molecule has 0 aromatic heterocycles. The summed E-state index contributed by atoms with van der Waals surface area (Å²) in [5.41, 5.74) is 1.68. The Morgan fingerprint density at radius 1 is 1.11 bits per heavy atom. The second-order valence-electron chi connectivity index (χ2n) is 12.2. The number of methoxy groups -OCH3 is 1. The van der Waals surface area contributed by atoms with Crippen LogP contribution in [0.4, 0.5) is 4.79 Å². The Labute approximate surface area is 281 Å². The molecule has 2 heterocycles. The highest BCUT2D eigenvalue weighted by Crippen LogP contribution is 2.45. The quantitative estimate of drug-likeness (QED) is 0.140. The smallest absolute Gasteiger partial charge is 0.407 e. The van der Waals surface area contributed by atoms with Gasteiger partial charge in [-0.3, -0.25) is 4.57 Å². The van der Waals surface area contributed by atoms with E-state index in [1.165, 1.54) is 23.5 Å². The number of fused-ring (bicyclic) bond motifs is 1. The molecule has 2 aliphatic heterocycles. The molecule has 0 radical (unpaired) electrons. The average molecular weight is 718 g/mol. The third-order valence-corrected chi connectivity index (χ3v) is 11.2. The molecule has 0 spiro atoms. The van der Waals surface area contributed by atoms with Gasteiger partial charge < -0.3 is 39.6 Å². The van der Waals surface area contributed by atoms with Gasteiger partial charge in [0.1, 0.15) is 11.9 Å². The van der Waals surface area contributed by atoms with Crippen LogP contribution in [-0.2, 0) is 41.8 Å². The van der Waals surface area contributed by atoms with Gasteiger partial charge in [0.05, 0.1) is 49.4 Å². The number of halogens is 1. The number of alkyl carbamates (subject to hydrolysis) is 1. The molecule has 1 amide bonds. The third-order valence-electron chi connectivity index (χ3n) is 8.04. The minimum atomic E-state index is -4.01. The second-order valence-corrected chi connectivity index (χ2v) is 17.4. The second kappa shape index (κ2) is 16.9. The van der Waals surface area contributed by atoms with Crippen molar-refractivity contribution < 1.29 is 46.7 Å². The molecule has 2 fully saturated rings. The van der Waals surface area contributed by atoms with Crippen LogP contribution in [0.2, 0.25) is 0 Å². The SMILES string of the molecule is COc1ccc(S(=O)(=O)N(CC(C)C)C[C@@H](O)[C@H](Cc2ccc(CNCCP(=O)(O)Cl)cc2)NC(=O)O[C@H]2CO[C@H]3OCC[C@H]32)cc1. The summed E-state index contributed by atoms with van der Waals surface area (Å²) < 4.78 is 62.0. The predicted octanol–water partition coefficient (Wildman–Crippen LogP) is 3.32. The summed E-state index contributed by atoms with van der Waals surface area (Å²) in [6.45, 7) is 1.45. The highest BCUT2D eigenvalue weighted by molar-refractivity contribution is 7.89. The molecule has 2 aliphatic rings. The Balaban J connectivity index is 1.49. The summed E-state index contributed by atoms with van der Waals surface area (Å²) in [5.74, 6) is 0.388. The van der Waals surface area contributed by atoms with Crippen molar-refractivity contribution >= 4 is 34.1 Å². The van der Waals surface area contributed by atoms with Crippen molar-refractivity contribution in [3.05, 3.63) is 59.7 Å². The largest absolute Gasteiger partial charge is 0.497 e. The molecule has 0 aliphatic carbocycles. The molecule has 4 N–H and O–H groups in total. The van der Waals surface area contributed by atoms with E-state index in [0.29, 0.717) is 25.3 Å². The van der Waals surface area contributed by atoms with Gasteiger partial charge in [-0.15, -0.1) is 0 Å². The molecule has 16 heteroatoms. The van der Waals surface area contributed by atoms with Crippen molar-refractivity contribution in [3.63, 3.8) is 0 Å². The molecule has 0 bridgehead atoms. The molecule has 2 saturated heterocycles. The van der Waals surface area contributed by atoms with Crippen LogP contribution in [0.5, 0.6) is 5.75 Å². The number of carbonyl (C=O) groups is 1. The first kappa shape index (κ1) is 37.6. The van der Waals surface area contributed by atoms with Crippen LogP contribution >= 0.6 is 18.0 Å². The fraction of sp³-hybridized carbons (Fsp3) is 0.581. The zero-order chi connectivity index (χ0) is 34.2. The Bertz CT molecular complexity index is 1460. The average Bonchev–Trinajstić information content (AvgIpc) is 3.64. The number of rotatable bonds is 17. The topological polar surface area (TPSA) is 173 Å². The number of benzene rings is 2. The number of aliphatic hydroxyl groups excluding tert-OH is 1. The van der Waals surface area contributed by atoms with E-state index in [-0.39, 0.29) is 55.6 Å². The lowest BCUT2D eigenvalue weighted by Crippen LogP contribution is -2.51.